The predicted octanol–water partition coefficient (Wildman–Crippen LogP) is 7.42. The summed E-state index contributed by atoms with van der Waals surface area (Å²) in [6, 6.07) is 27.6. The van der Waals surface area contributed by atoms with Crippen LogP contribution in [0.5, 0.6) is 0 Å². The van der Waals surface area contributed by atoms with E-state index in [0.717, 1.165) is 34.0 Å². The van der Waals surface area contributed by atoms with Crippen molar-refractivity contribution in [3.63, 3.8) is 0 Å². The van der Waals surface area contributed by atoms with Crippen LogP contribution in [-0.4, -0.2) is 22.3 Å². The van der Waals surface area contributed by atoms with E-state index in [-0.39, 0.29) is 11.9 Å². The Balaban J connectivity index is 1.54. The Labute approximate surface area is 201 Å². The number of benzene rings is 4. The molecule has 1 atom stereocenters. The van der Waals surface area contributed by atoms with Crippen molar-refractivity contribution in [1.82, 2.24) is 9.88 Å². The van der Waals surface area contributed by atoms with E-state index in [0.29, 0.717) is 22.2 Å². The van der Waals surface area contributed by atoms with Crippen LogP contribution >= 0.6 is 23.2 Å². The maximum Gasteiger partial charge on any atom is 0.255 e. The van der Waals surface area contributed by atoms with E-state index in [1.54, 1.807) is 6.07 Å². The molecule has 5 aromatic rings. The first-order chi connectivity index (χ1) is 16.1. The normalized spacial score (nSPS) is 15.7. The van der Waals surface area contributed by atoms with Crippen LogP contribution in [-0.2, 0) is 6.42 Å². The number of nitrogens with zero attached hydrogens (tertiary/aromatic N) is 1. The highest BCUT2D eigenvalue weighted by molar-refractivity contribution is 6.42. The lowest BCUT2D eigenvalue weighted by molar-refractivity contribution is 0.0694. The molecule has 0 radical (unpaired) electrons. The molecule has 0 fully saturated rings. The van der Waals surface area contributed by atoms with Crippen LogP contribution in [0.15, 0.2) is 84.9 Å². The van der Waals surface area contributed by atoms with E-state index >= 15 is 0 Å². The third-order valence-corrected chi connectivity index (χ3v) is 7.31. The highest BCUT2D eigenvalue weighted by Crippen LogP contribution is 2.41. The number of fused-ring (bicyclic) bond motifs is 4. The highest BCUT2D eigenvalue weighted by atomic mass is 35.5. The first kappa shape index (κ1) is 20.3. The molecule has 0 saturated heterocycles. The molecule has 0 aliphatic carbocycles. The summed E-state index contributed by atoms with van der Waals surface area (Å²) in [5, 5.41) is 4.20. The summed E-state index contributed by atoms with van der Waals surface area (Å²) in [6.45, 7) is 0.613. The van der Waals surface area contributed by atoms with Gasteiger partial charge in [-0.05, 0) is 52.6 Å². The van der Waals surface area contributed by atoms with Gasteiger partial charge in [0.15, 0.2) is 0 Å². The minimum atomic E-state index is -0.289. The number of nitrogens with one attached hydrogen (secondary N) is 1. The topological polar surface area (TPSA) is 36.1 Å². The Morgan fingerprint density at radius 3 is 2.45 bits per heavy atom. The summed E-state index contributed by atoms with van der Waals surface area (Å²) in [7, 11) is 0. The number of hydrogen-bond donors (Lipinski definition) is 1. The summed E-state index contributed by atoms with van der Waals surface area (Å²) in [4.78, 5) is 19.6. The molecule has 0 saturated carbocycles. The van der Waals surface area contributed by atoms with Crippen LogP contribution in [0.2, 0.25) is 10.0 Å². The van der Waals surface area contributed by atoms with E-state index in [1.165, 1.54) is 10.9 Å². The lowest BCUT2D eigenvalue weighted by atomic mass is 9.91. The average Bonchev–Trinajstić information content (AvgIpc) is 3.23. The number of amides is 1. The fraction of sp³-hybridized carbons (Fsp3) is 0.107. The number of aromatic nitrogens is 1. The molecule has 1 aliphatic rings. The van der Waals surface area contributed by atoms with E-state index in [4.69, 9.17) is 23.2 Å². The van der Waals surface area contributed by atoms with Crippen molar-refractivity contribution in [3.8, 4) is 0 Å². The van der Waals surface area contributed by atoms with Gasteiger partial charge in [-0.25, -0.2) is 0 Å². The van der Waals surface area contributed by atoms with Gasteiger partial charge in [0, 0.05) is 28.7 Å². The Hall–Kier alpha value is -3.27. The second kappa shape index (κ2) is 7.95. The number of carbonyl (C=O) groups excluding carboxylic acids is 1. The molecule has 1 unspecified atom stereocenters. The minimum absolute atomic E-state index is 0.00665. The molecule has 4 aromatic carbocycles. The second-order valence-corrected chi connectivity index (χ2v) is 9.23. The fourth-order valence-electron chi connectivity index (χ4n) is 5.06. The maximum absolute atomic E-state index is 14.0. The summed E-state index contributed by atoms with van der Waals surface area (Å²) >= 11 is 12.6. The summed E-state index contributed by atoms with van der Waals surface area (Å²) in [5.74, 6) is 0.00665. The molecule has 1 aromatic heterocycles. The number of hydrogen-bond acceptors (Lipinski definition) is 1. The molecule has 2 heterocycles. The van der Waals surface area contributed by atoms with Crippen molar-refractivity contribution in [3.05, 3.63) is 117 Å². The number of rotatable bonds is 2. The molecule has 0 spiro atoms. The molecule has 33 heavy (non-hydrogen) atoms. The van der Waals surface area contributed by atoms with Gasteiger partial charge < -0.3 is 9.88 Å². The van der Waals surface area contributed by atoms with Crippen molar-refractivity contribution >= 4 is 50.8 Å². The van der Waals surface area contributed by atoms with Gasteiger partial charge >= 0.3 is 0 Å². The fourth-order valence-corrected chi connectivity index (χ4v) is 5.36. The molecule has 3 nitrogen and oxygen atoms in total. The summed E-state index contributed by atoms with van der Waals surface area (Å²) < 4.78 is 0. The number of H-pyrrole nitrogens is 1. The number of halogens is 2. The Morgan fingerprint density at radius 1 is 0.848 bits per heavy atom. The van der Waals surface area contributed by atoms with Crippen LogP contribution in [0.4, 0.5) is 0 Å². The Morgan fingerprint density at radius 2 is 1.61 bits per heavy atom. The highest BCUT2D eigenvalue weighted by Gasteiger charge is 2.35. The van der Waals surface area contributed by atoms with Crippen LogP contribution < -0.4 is 0 Å². The van der Waals surface area contributed by atoms with Crippen LogP contribution in [0.3, 0.4) is 0 Å². The van der Waals surface area contributed by atoms with E-state index in [1.807, 2.05) is 65.6 Å². The van der Waals surface area contributed by atoms with Gasteiger partial charge in [0.1, 0.15) is 0 Å². The molecule has 1 amide bonds. The van der Waals surface area contributed by atoms with Gasteiger partial charge in [-0.2, -0.15) is 0 Å². The lowest BCUT2D eigenvalue weighted by Gasteiger charge is -2.36. The van der Waals surface area contributed by atoms with Gasteiger partial charge in [-0.3, -0.25) is 4.79 Å². The van der Waals surface area contributed by atoms with Crippen molar-refractivity contribution in [2.45, 2.75) is 12.5 Å². The zero-order valence-electron chi connectivity index (χ0n) is 17.7. The van der Waals surface area contributed by atoms with Gasteiger partial charge in [-0.15, -0.1) is 0 Å². The zero-order valence-corrected chi connectivity index (χ0v) is 19.2. The van der Waals surface area contributed by atoms with Crippen molar-refractivity contribution in [1.29, 1.82) is 0 Å². The molecule has 5 heteroatoms. The molecule has 1 aliphatic heterocycles. The number of aromatic amines is 1. The Bertz CT molecular complexity index is 1530. The van der Waals surface area contributed by atoms with Gasteiger partial charge in [0.05, 0.1) is 16.1 Å². The molecular weight excluding hydrogens is 451 g/mol. The molecule has 1 N–H and O–H groups in total. The van der Waals surface area contributed by atoms with Crippen LogP contribution in [0.1, 0.15) is 33.2 Å². The predicted molar refractivity (Wildman–Crippen MR) is 135 cm³/mol. The van der Waals surface area contributed by atoms with Crippen molar-refractivity contribution in [2.24, 2.45) is 0 Å². The number of carbonyl (C=O) groups is 1. The van der Waals surface area contributed by atoms with Crippen molar-refractivity contribution < 1.29 is 4.79 Å². The monoisotopic (exact) mass is 470 g/mol. The van der Waals surface area contributed by atoms with Gasteiger partial charge in [-0.1, -0.05) is 83.9 Å². The zero-order chi connectivity index (χ0) is 22.5. The molecule has 0 bridgehead atoms. The summed E-state index contributed by atoms with van der Waals surface area (Å²) in [6.07, 6.45) is 0.785. The number of para-hydroxylation sites is 1. The van der Waals surface area contributed by atoms with Crippen LogP contribution in [0.25, 0.3) is 21.7 Å². The first-order valence-corrected chi connectivity index (χ1v) is 11.7. The second-order valence-electron chi connectivity index (χ2n) is 8.41. The first-order valence-electron chi connectivity index (χ1n) is 10.9. The molecule has 162 valence electrons. The van der Waals surface area contributed by atoms with E-state index < -0.39 is 0 Å². The van der Waals surface area contributed by atoms with Gasteiger partial charge in [0.25, 0.3) is 5.91 Å². The lowest BCUT2D eigenvalue weighted by Crippen LogP contribution is -2.40. The maximum atomic E-state index is 14.0. The molecular formula is C28H20Cl2N2O. The third-order valence-electron chi connectivity index (χ3n) is 6.57. The Kier molecular flexibility index (Phi) is 4.90. The quantitative estimate of drug-likeness (QED) is 0.286. The average molecular weight is 471 g/mol. The van der Waals surface area contributed by atoms with E-state index in [9.17, 15) is 4.79 Å². The largest absolute Gasteiger partial charge is 0.356 e. The standard InChI is InChI=1S/C28H20Cl2N2O/c29-23-13-12-18(16-24(23)30)27-26-21(20-9-3-4-11-25(20)31-26)14-15-32(27)28(33)22-10-5-7-17-6-1-2-8-19(17)22/h1-13,16,27,31H,14-15H2. The van der Waals surface area contributed by atoms with Crippen molar-refractivity contribution in [2.75, 3.05) is 6.54 Å². The van der Waals surface area contributed by atoms with Gasteiger partial charge in [0.2, 0.25) is 0 Å². The van der Waals surface area contributed by atoms with Crippen LogP contribution in [0, 0.1) is 0 Å². The third kappa shape index (κ3) is 3.31. The van der Waals surface area contributed by atoms with E-state index in [2.05, 4.69) is 23.2 Å². The minimum Gasteiger partial charge on any atom is -0.356 e. The SMILES string of the molecule is O=C(c1cccc2ccccc12)N1CCc2c([nH]c3ccccc23)C1c1ccc(Cl)c(Cl)c1. The molecule has 6 rings (SSSR count). The smallest absolute Gasteiger partial charge is 0.255 e. The summed E-state index contributed by atoms with van der Waals surface area (Å²) in [5.41, 5.74) is 5.01.